The predicted octanol–water partition coefficient (Wildman–Crippen LogP) is 4.17. The summed E-state index contributed by atoms with van der Waals surface area (Å²) in [7, 11) is 0. The van der Waals surface area contributed by atoms with Crippen LogP contribution in [0.4, 0.5) is 17.6 Å². The van der Waals surface area contributed by atoms with Crippen LogP contribution in [0.1, 0.15) is 48.0 Å². The first-order valence-electron chi connectivity index (χ1n) is 9.46. The summed E-state index contributed by atoms with van der Waals surface area (Å²) >= 11 is 0. The van der Waals surface area contributed by atoms with Gasteiger partial charge in [-0.2, -0.15) is 17.6 Å². The molecule has 0 saturated heterocycles. The highest BCUT2D eigenvalue weighted by Crippen LogP contribution is 2.31. The van der Waals surface area contributed by atoms with E-state index in [4.69, 9.17) is 14.2 Å². The molecule has 174 valence electrons. The van der Waals surface area contributed by atoms with Crippen molar-refractivity contribution in [3.05, 3.63) is 12.2 Å². The summed E-state index contributed by atoms with van der Waals surface area (Å²) in [5.41, 5.74) is -1.47. The maximum absolute atomic E-state index is 13.8. The van der Waals surface area contributed by atoms with Gasteiger partial charge in [-0.05, 0) is 13.3 Å². The minimum Gasteiger partial charge on any atom is -0.461 e. The Hall–Kier alpha value is -2.13. The Balaban J connectivity index is 5.52. The molecule has 0 bridgehead atoms. The Morgan fingerprint density at radius 2 is 1.13 bits per heavy atom. The number of esters is 3. The van der Waals surface area contributed by atoms with Crippen molar-refractivity contribution in [2.45, 2.75) is 59.8 Å². The van der Waals surface area contributed by atoms with Crippen molar-refractivity contribution in [3.8, 4) is 0 Å². The molecule has 0 fully saturated rings. The quantitative estimate of drug-likeness (QED) is 0.195. The van der Waals surface area contributed by atoms with E-state index >= 15 is 0 Å². The van der Waals surface area contributed by atoms with Crippen molar-refractivity contribution in [3.63, 3.8) is 0 Å². The lowest BCUT2D eigenvalue weighted by atomic mass is 9.87. The normalized spacial score (nSPS) is 12.7. The van der Waals surface area contributed by atoms with Crippen molar-refractivity contribution in [1.82, 2.24) is 0 Å². The maximum atomic E-state index is 13.8. The summed E-state index contributed by atoms with van der Waals surface area (Å²) in [6, 6.07) is 0. The zero-order valence-electron chi connectivity index (χ0n) is 18.2. The molecule has 0 heterocycles. The average molecular weight is 442 g/mol. The largest absolute Gasteiger partial charge is 0.461 e. The van der Waals surface area contributed by atoms with Crippen LogP contribution in [-0.2, 0) is 28.6 Å². The van der Waals surface area contributed by atoms with Gasteiger partial charge < -0.3 is 14.2 Å². The van der Waals surface area contributed by atoms with E-state index in [0.717, 1.165) is 27.7 Å². The topological polar surface area (TPSA) is 78.9 Å². The minimum atomic E-state index is -3.78. The van der Waals surface area contributed by atoms with Crippen LogP contribution in [0, 0.1) is 17.3 Å². The molecule has 0 saturated carbocycles. The molecule has 0 radical (unpaired) electrons. The Morgan fingerprint density at radius 3 is 1.40 bits per heavy atom. The Bertz CT molecular complexity index is 607. The van der Waals surface area contributed by atoms with Gasteiger partial charge >= 0.3 is 29.8 Å². The van der Waals surface area contributed by atoms with Crippen LogP contribution in [0.15, 0.2) is 12.2 Å². The fourth-order valence-electron chi connectivity index (χ4n) is 1.87. The third kappa shape index (κ3) is 7.28. The molecule has 0 N–H and O–H groups in total. The van der Waals surface area contributed by atoms with Gasteiger partial charge in [0.05, 0.1) is 5.41 Å². The first kappa shape index (κ1) is 27.9. The molecule has 0 aliphatic rings. The van der Waals surface area contributed by atoms with E-state index in [1.807, 2.05) is 0 Å². The number of hydrogen-bond acceptors (Lipinski definition) is 6. The van der Waals surface area contributed by atoms with E-state index < -0.39 is 66.8 Å². The first-order valence-corrected chi connectivity index (χ1v) is 9.46. The number of hydrogen-bond donors (Lipinski definition) is 0. The summed E-state index contributed by atoms with van der Waals surface area (Å²) in [6.45, 7) is 8.75. The summed E-state index contributed by atoms with van der Waals surface area (Å²) < 4.78 is 69.8. The highest BCUT2D eigenvalue weighted by molar-refractivity contribution is 5.87. The van der Waals surface area contributed by atoms with Crippen molar-refractivity contribution < 1.29 is 46.2 Å². The summed E-state index contributed by atoms with van der Waals surface area (Å²) in [6.07, 6.45) is -0.00245. The fourth-order valence-corrected chi connectivity index (χ4v) is 1.87. The molecule has 0 rings (SSSR count). The van der Waals surface area contributed by atoms with Crippen molar-refractivity contribution in [2.24, 2.45) is 17.3 Å². The second-order valence-corrected chi connectivity index (χ2v) is 7.92. The predicted molar refractivity (Wildman–Crippen MR) is 100.0 cm³/mol. The number of rotatable bonds is 12. The van der Waals surface area contributed by atoms with Gasteiger partial charge in [0.2, 0.25) is 0 Å². The Kier molecular flexibility index (Phi) is 10.0. The second-order valence-electron chi connectivity index (χ2n) is 7.92. The Morgan fingerprint density at radius 1 is 0.800 bits per heavy atom. The highest BCUT2D eigenvalue weighted by Gasteiger charge is 2.47. The zero-order valence-corrected chi connectivity index (χ0v) is 18.2. The highest BCUT2D eigenvalue weighted by atomic mass is 19.3. The molecule has 0 spiro atoms. The molecule has 0 aliphatic carbocycles. The van der Waals surface area contributed by atoms with Crippen LogP contribution >= 0.6 is 0 Å². The minimum absolute atomic E-state index is 0.00245. The van der Waals surface area contributed by atoms with Crippen LogP contribution in [0.2, 0.25) is 0 Å². The van der Waals surface area contributed by atoms with Gasteiger partial charge in [0.1, 0.15) is 19.8 Å². The zero-order chi connectivity index (χ0) is 23.9. The van der Waals surface area contributed by atoms with Gasteiger partial charge in [-0.3, -0.25) is 0 Å². The molecule has 30 heavy (non-hydrogen) atoms. The van der Waals surface area contributed by atoms with Gasteiger partial charge in [-0.25, -0.2) is 14.4 Å². The monoisotopic (exact) mass is 442 g/mol. The molecular weight excluding hydrogens is 412 g/mol. The second kappa shape index (κ2) is 10.8. The summed E-state index contributed by atoms with van der Waals surface area (Å²) in [4.78, 5) is 35.3. The van der Waals surface area contributed by atoms with Crippen LogP contribution in [0.3, 0.4) is 0 Å². The maximum Gasteiger partial charge on any atom is 0.377 e. The number of halogens is 4. The smallest absolute Gasteiger partial charge is 0.377 e. The average Bonchev–Trinajstić information content (AvgIpc) is 2.66. The molecule has 0 amide bonds. The van der Waals surface area contributed by atoms with Crippen LogP contribution in [0.25, 0.3) is 0 Å². The van der Waals surface area contributed by atoms with E-state index in [2.05, 4.69) is 6.58 Å². The van der Waals surface area contributed by atoms with Gasteiger partial charge in [0, 0.05) is 17.4 Å². The SMILES string of the molecule is C=C(C)C(=O)OCC(CC)(COC(=O)C(F)(F)C(C)C)COC(=O)C(F)(F)C(C)C. The number of carbonyl (C=O) groups excluding carboxylic acids is 3. The van der Waals surface area contributed by atoms with E-state index in [9.17, 15) is 31.9 Å². The molecule has 0 aromatic rings. The van der Waals surface area contributed by atoms with Crippen LogP contribution in [0.5, 0.6) is 0 Å². The summed E-state index contributed by atoms with van der Waals surface area (Å²) in [5, 5.41) is 0. The Labute approximate surface area is 173 Å². The van der Waals surface area contributed by atoms with Crippen LogP contribution in [-0.4, -0.2) is 49.6 Å². The van der Waals surface area contributed by atoms with Crippen LogP contribution < -0.4 is 0 Å². The van der Waals surface area contributed by atoms with Crippen molar-refractivity contribution in [2.75, 3.05) is 19.8 Å². The molecule has 0 unspecified atom stereocenters. The lowest BCUT2D eigenvalue weighted by Crippen LogP contribution is -2.44. The number of alkyl halides is 4. The van der Waals surface area contributed by atoms with Crippen molar-refractivity contribution in [1.29, 1.82) is 0 Å². The molecule has 6 nitrogen and oxygen atoms in total. The van der Waals surface area contributed by atoms with Gasteiger partial charge in [0.25, 0.3) is 0 Å². The van der Waals surface area contributed by atoms with Gasteiger partial charge in [0.15, 0.2) is 0 Å². The molecule has 0 aromatic carbocycles. The molecule has 0 aliphatic heterocycles. The van der Waals surface area contributed by atoms with E-state index in [1.54, 1.807) is 0 Å². The van der Waals surface area contributed by atoms with Gasteiger partial charge in [-0.1, -0.05) is 41.2 Å². The van der Waals surface area contributed by atoms with Crippen molar-refractivity contribution >= 4 is 17.9 Å². The third-order valence-corrected chi connectivity index (χ3v) is 4.62. The summed E-state index contributed by atoms with van der Waals surface area (Å²) in [5.74, 6) is -14.7. The molecule has 0 aromatic heterocycles. The number of carbonyl (C=O) groups is 3. The third-order valence-electron chi connectivity index (χ3n) is 4.62. The molecular formula is C20H30F4O6. The lowest BCUT2D eigenvalue weighted by molar-refractivity contribution is -0.192. The van der Waals surface area contributed by atoms with E-state index in [0.29, 0.717) is 0 Å². The standard InChI is InChI=1S/C20H30F4O6/c1-8-18(9-28-15(25)12(2)3,10-29-16(26)19(21,22)13(4)5)11-30-17(27)20(23,24)14(6)7/h13-14H,2,8-11H2,1,3-7H3. The lowest BCUT2D eigenvalue weighted by Gasteiger charge is -2.32. The van der Waals surface area contributed by atoms with E-state index in [-0.39, 0.29) is 12.0 Å². The molecule has 10 heteroatoms. The molecule has 0 atom stereocenters. The first-order chi connectivity index (χ1) is 13.5. The number of ether oxygens (including phenoxy) is 3. The fraction of sp³-hybridized carbons (Fsp3) is 0.750. The van der Waals surface area contributed by atoms with E-state index in [1.165, 1.54) is 13.8 Å². The van der Waals surface area contributed by atoms with Gasteiger partial charge in [-0.15, -0.1) is 0 Å².